The maximum absolute atomic E-state index is 11.6. The Hall–Kier alpha value is -0.660. The summed E-state index contributed by atoms with van der Waals surface area (Å²) in [5.41, 5.74) is 5.70. The average Bonchev–Trinajstić information content (AvgIpc) is 2.61. The standard InChI is InChI=1S/C9H18N2O4S/c10-8-4-1-3-7(8)9(13)11-16(14,15)6-2-5-12/h7-8,12H,1-6,10H2,(H,11,13)/t7-,8+/m1/s1. The number of amides is 1. The van der Waals surface area contributed by atoms with Crippen LogP contribution in [-0.2, 0) is 14.8 Å². The predicted molar refractivity (Wildman–Crippen MR) is 58.9 cm³/mol. The summed E-state index contributed by atoms with van der Waals surface area (Å²) in [5.74, 6) is -1.15. The Bertz CT molecular complexity index is 341. The highest BCUT2D eigenvalue weighted by Crippen LogP contribution is 2.24. The minimum absolute atomic E-state index is 0.124. The van der Waals surface area contributed by atoms with E-state index in [2.05, 4.69) is 0 Å². The third-order valence-electron chi connectivity index (χ3n) is 2.73. The Morgan fingerprint density at radius 3 is 2.62 bits per heavy atom. The summed E-state index contributed by atoms with van der Waals surface area (Å²) >= 11 is 0. The molecule has 0 saturated heterocycles. The van der Waals surface area contributed by atoms with Crippen LogP contribution in [0.1, 0.15) is 25.7 Å². The van der Waals surface area contributed by atoms with Gasteiger partial charge >= 0.3 is 0 Å². The first kappa shape index (κ1) is 13.4. The van der Waals surface area contributed by atoms with E-state index in [1.807, 2.05) is 4.72 Å². The highest BCUT2D eigenvalue weighted by atomic mass is 32.2. The monoisotopic (exact) mass is 250 g/mol. The first-order valence-electron chi connectivity index (χ1n) is 5.37. The van der Waals surface area contributed by atoms with Gasteiger partial charge in [-0.25, -0.2) is 8.42 Å². The molecule has 0 radical (unpaired) electrons. The number of rotatable bonds is 5. The normalized spacial score (nSPS) is 25.6. The SMILES string of the molecule is N[C@H]1CCC[C@H]1C(=O)NS(=O)(=O)CCCO. The van der Waals surface area contributed by atoms with E-state index in [9.17, 15) is 13.2 Å². The Labute approximate surface area is 95.3 Å². The van der Waals surface area contributed by atoms with Crippen molar-refractivity contribution >= 4 is 15.9 Å². The molecule has 6 nitrogen and oxygen atoms in total. The summed E-state index contributed by atoms with van der Waals surface area (Å²) in [6.45, 7) is -0.210. The molecule has 0 aromatic rings. The fraction of sp³-hybridized carbons (Fsp3) is 0.889. The summed E-state index contributed by atoms with van der Waals surface area (Å²) < 4.78 is 24.8. The van der Waals surface area contributed by atoms with Gasteiger partial charge in [0.05, 0.1) is 11.7 Å². The van der Waals surface area contributed by atoms with Crippen molar-refractivity contribution in [2.24, 2.45) is 11.7 Å². The number of aliphatic hydroxyl groups is 1. The van der Waals surface area contributed by atoms with Crippen molar-refractivity contribution in [2.75, 3.05) is 12.4 Å². The molecule has 4 N–H and O–H groups in total. The minimum Gasteiger partial charge on any atom is -0.396 e. The van der Waals surface area contributed by atoms with Crippen LogP contribution in [0.15, 0.2) is 0 Å². The van der Waals surface area contributed by atoms with Gasteiger partial charge in [-0.05, 0) is 19.3 Å². The highest BCUT2D eigenvalue weighted by Gasteiger charge is 2.32. The molecule has 0 spiro atoms. The van der Waals surface area contributed by atoms with E-state index in [1.165, 1.54) is 0 Å². The van der Waals surface area contributed by atoms with E-state index in [4.69, 9.17) is 10.8 Å². The number of nitrogens with one attached hydrogen (secondary N) is 1. The molecular weight excluding hydrogens is 232 g/mol. The summed E-state index contributed by atoms with van der Waals surface area (Å²) in [6.07, 6.45) is 2.38. The van der Waals surface area contributed by atoms with Crippen LogP contribution in [0.25, 0.3) is 0 Å². The zero-order valence-corrected chi connectivity index (χ0v) is 9.87. The molecule has 0 aromatic heterocycles. The number of carbonyl (C=O) groups excluding carboxylic acids is 1. The van der Waals surface area contributed by atoms with Gasteiger partial charge in [0.15, 0.2) is 0 Å². The molecule has 94 valence electrons. The second-order valence-electron chi connectivity index (χ2n) is 4.06. The topological polar surface area (TPSA) is 109 Å². The molecule has 16 heavy (non-hydrogen) atoms. The quantitative estimate of drug-likeness (QED) is 0.576. The van der Waals surface area contributed by atoms with Crippen LogP contribution in [-0.4, -0.2) is 37.8 Å². The largest absolute Gasteiger partial charge is 0.396 e. The van der Waals surface area contributed by atoms with Crippen molar-refractivity contribution in [1.29, 1.82) is 0 Å². The van der Waals surface area contributed by atoms with Gasteiger partial charge in [-0.1, -0.05) is 6.42 Å². The molecule has 7 heteroatoms. The molecule has 0 aliphatic heterocycles. The lowest BCUT2D eigenvalue weighted by Crippen LogP contribution is -2.42. The third kappa shape index (κ3) is 3.73. The molecule has 1 saturated carbocycles. The van der Waals surface area contributed by atoms with Crippen LogP contribution >= 0.6 is 0 Å². The Morgan fingerprint density at radius 1 is 1.44 bits per heavy atom. The van der Waals surface area contributed by atoms with E-state index >= 15 is 0 Å². The number of hydrogen-bond acceptors (Lipinski definition) is 5. The van der Waals surface area contributed by atoms with Gasteiger partial charge < -0.3 is 10.8 Å². The van der Waals surface area contributed by atoms with Crippen molar-refractivity contribution in [3.05, 3.63) is 0 Å². The summed E-state index contributed by atoms with van der Waals surface area (Å²) in [4.78, 5) is 11.6. The molecule has 1 fully saturated rings. The molecule has 1 amide bonds. The molecule has 1 aliphatic rings. The van der Waals surface area contributed by atoms with Crippen molar-refractivity contribution in [3.63, 3.8) is 0 Å². The van der Waals surface area contributed by atoms with Gasteiger partial charge in [0, 0.05) is 12.6 Å². The van der Waals surface area contributed by atoms with Gasteiger partial charge in [-0.3, -0.25) is 9.52 Å². The fourth-order valence-corrected chi connectivity index (χ4v) is 2.92. The maximum Gasteiger partial charge on any atom is 0.238 e. The second-order valence-corrected chi connectivity index (χ2v) is 5.91. The lowest BCUT2D eigenvalue weighted by molar-refractivity contribution is -0.123. The van der Waals surface area contributed by atoms with Crippen LogP contribution in [0, 0.1) is 5.92 Å². The predicted octanol–water partition coefficient (Wildman–Crippen LogP) is -1.06. The minimum atomic E-state index is -3.62. The average molecular weight is 250 g/mol. The number of carbonyl (C=O) groups is 1. The van der Waals surface area contributed by atoms with E-state index in [0.717, 1.165) is 12.8 Å². The zero-order chi connectivity index (χ0) is 12.2. The van der Waals surface area contributed by atoms with Crippen molar-refractivity contribution < 1.29 is 18.3 Å². The summed E-state index contributed by atoms with van der Waals surface area (Å²) in [6, 6.07) is -0.243. The highest BCUT2D eigenvalue weighted by molar-refractivity contribution is 7.90. The zero-order valence-electron chi connectivity index (χ0n) is 9.05. The van der Waals surface area contributed by atoms with Crippen LogP contribution in [0.2, 0.25) is 0 Å². The Kier molecular flexibility index (Phi) is 4.69. The van der Waals surface area contributed by atoms with Gasteiger partial charge in [0.25, 0.3) is 0 Å². The Morgan fingerprint density at radius 2 is 2.12 bits per heavy atom. The molecule has 0 unspecified atom stereocenters. The van der Waals surface area contributed by atoms with Crippen LogP contribution in [0.5, 0.6) is 0 Å². The fourth-order valence-electron chi connectivity index (χ4n) is 1.85. The first-order chi connectivity index (χ1) is 7.46. The molecule has 1 aliphatic carbocycles. The van der Waals surface area contributed by atoms with Gasteiger partial charge in [-0.15, -0.1) is 0 Å². The Balaban J connectivity index is 2.50. The van der Waals surface area contributed by atoms with Crippen LogP contribution in [0.4, 0.5) is 0 Å². The van der Waals surface area contributed by atoms with Crippen LogP contribution < -0.4 is 10.5 Å². The van der Waals surface area contributed by atoms with E-state index in [1.54, 1.807) is 0 Å². The first-order valence-corrected chi connectivity index (χ1v) is 7.02. The maximum atomic E-state index is 11.6. The molecule has 0 bridgehead atoms. The molecular formula is C9H18N2O4S. The second kappa shape index (κ2) is 5.60. The van der Waals surface area contributed by atoms with E-state index in [0.29, 0.717) is 6.42 Å². The van der Waals surface area contributed by atoms with Crippen LogP contribution in [0.3, 0.4) is 0 Å². The van der Waals surface area contributed by atoms with Crippen molar-refractivity contribution in [1.82, 2.24) is 4.72 Å². The van der Waals surface area contributed by atoms with Gasteiger partial charge in [0.2, 0.25) is 15.9 Å². The molecule has 1 rings (SSSR count). The smallest absolute Gasteiger partial charge is 0.238 e. The number of hydrogen-bond donors (Lipinski definition) is 3. The third-order valence-corrected chi connectivity index (χ3v) is 4.07. The van der Waals surface area contributed by atoms with Gasteiger partial charge in [0.1, 0.15) is 0 Å². The summed E-state index contributed by atoms with van der Waals surface area (Å²) in [7, 11) is -3.62. The molecule has 0 aromatic carbocycles. The van der Waals surface area contributed by atoms with Crippen molar-refractivity contribution in [3.8, 4) is 0 Å². The van der Waals surface area contributed by atoms with Gasteiger partial charge in [-0.2, -0.15) is 0 Å². The number of aliphatic hydroxyl groups excluding tert-OH is 1. The molecule has 0 heterocycles. The van der Waals surface area contributed by atoms with E-state index < -0.39 is 21.8 Å². The lowest BCUT2D eigenvalue weighted by Gasteiger charge is -2.14. The lowest BCUT2D eigenvalue weighted by atomic mass is 10.0. The number of sulfonamides is 1. The van der Waals surface area contributed by atoms with E-state index in [-0.39, 0.29) is 24.8 Å². The number of nitrogens with two attached hydrogens (primary N) is 1. The molecule has 2 atom stereocenters. The summed E-state index contributed by atoms with van der Waals surface area (Å²) in [5, 5.41) is 8.52. The van der Waals surface area contributed by atoms with Crippen molar-refractivity contribution in [2.45, 2.75) is 31.7 Å².